The molecule has 3 rings (SSSR count). The Morgan fingerprint density at radius 3 is 3.21 bits per heavy atom. The second-order valence-corrected chi connectivity index (χ2v) is 6.46. The van der Waals surface area contributed by atoms with Crippen molar-refractivity contribution in [1.29, 1.82) is 5.53 Å². The molecule has 1 amide bonds. The molecule has 0 aromatic heterocycles. The predicted molar refractivity (Wildman–Crippen MR) is 82.4 cm³/mol. The minimum atomic E-state index is -1.46. The van der Waals surface area contributed by atoms with Gasteiger partial charge in [0.1, 0.15) is 17.4 Å². The SMILES string of the molecule is N=[N+]=Nc1ccc(F)c([C@]23CCOCC2CSC(NC(=O)[O-])=N3)c1. The molecule has 2 aliphatic heterocycles. The normalized spacial score (nSPS) is 25.9. The fourth-order valence-electron chi connectivity index (χ4n) is 3.05. The summed E-state index contributed by atoms with van der Waals surface area (Å²) in [6, 6.07) is 4.18. The molecule has 1 aromatic carbocycles. The van der Waals surface area contributed by atoms with Crippen molar-refractivity contribution in [3.05, 3.63) is 29.6 Å². The van der Waals surface area contributed by atoms with Gasteiger partial charge in [-0.05, 0) is 18.2 Å². The monoisotopic (exact) mass is 351 g/mol. The maximum Gasteiger partial charge on any atom is 0.220 e. The van der Waals surface area contributed by atoms with Crippen LogP contribution < -0.4 is 15.3 Å². The van der Waals surface area contributed by atoms with Crippen molar-refractivity contribution >= 4 is 28.7 Å². The fraction of sp³-hybridized carbons (Fsp3) is 0.429. The largest absolute Gasteiger partial charge is 0.530 e. The second kappa shape index (κ2) is 6.68. The lowest BCUT2D eigenvalue weighted by Gasteiger charge is -2.44. The van der Waals surface area contributed by atoms with Crippen LogP contribution >= 0.6 is 11.8 Å². The Labute approximate surface area is 140 Å². The van der Waals surface area contributed by atoms with Gasteiger partial charge in [-0.3, -0.25) is 4.99 Å². The molecule has 1 fully saturated rings. The molecule has 126 valence electrons. The highest BCUT2D eigenvalue weighted by Crippen LogP contribution is 2.46. The highest BCUT2D eigenvalue weighted by Gasteiger charge is 2.47. The number of aliphatic imine (C=N–C) groups is 1. The van der Waals surface area contributed by atoms with Crippen molar-refractivity contribution in [2.75, 3.05) is 19.0 Å². The summed E-state index contributed by atoms with van der Waals surface area (Å²) in [7, 11) is 0. The standard InChI is InChI=1S/C14H14FN5O3S/c15-11-2-1-9(19-20-16)5-10(11)14-3-4-23-6-8(14)7-24-12(18-14)17-13(21)22/h1-2,5,8,16H,3-4,6-7H2,(H-,17,18,21,22)/t8?,14-/m0/s1. The van der Waals surface area contributed by atoms with E-state index in [0.29, 0.717) is 36.6 Å². The summed E-state index contributed by atoms with van der Waals surface area (Å²) in [6.45, 7) is 0.783. The molecular weight excluding hydrogens is 337 g/mol. The number of carboxylic acid groups (broad SMARTS) is 1. The summed E-state index contributed by atoms with van der Waals surface area (Å²) in [6.07, 6.45) is -1.05. The summed E-state index contributed by atoms with van der Waals surface area (Å²) in [4.78, 5) is 18.3. The lowest BCUT2D eigenvalue weighted by Crippen LogP contribution is -2.49. The molecule has 1 unspecified atom stereocenters. The third-order valence-corrected chi connectivity index (χ3v) is 5.17. The number of carbonyl (C=O) groups is 1. The highest BCUT2D eigenvalue weighted by atomic mass is 32.2. The van der Waals surface area contributed by atoms with Gasteiger partial charge in [0.15, 0.2) is 16.0 Å². The average Bonchev–Trinajstić information content (AvgIpc) is 2.56. The Morgan fingerprint density at radius 2 is 2.46 bits per heavy atom. The third-order valence-electron chi connectivity index (χ3n) is 4.14. The number of benzene rings is 1. The van der Waals surface area contributed by atoms with Gasteiger partial charge < -0.3 is 20.0 Å². The lowest BCUT2D eigenvalue weighted by atomic mass is 9.75. The van der Waals surface area contributed by atoms with E-state index < -0.39 is 17.4 Å². The Bertz CT molecular complexity index is 752. The molecule has 0 bridgehead atoms. The molecule has 10 heteroatoms. The maximum absolute atomic E-state index is 14.6. The summed E-state index contributed by atoms with van der Waals surface area (Å²) in [5, 5.41) is 16.8. The quantitative estimate of drug-likeness (QED) is 0.615. The number of nitrogens with one attached hydrogen (secondary N) is 2. The van der Waals surface area contributed by atoms with Crippen LogP contribution in [0.4, 0.5) is 14.9 Å². The Kier molecular flexibility index (Phi) is 4.61. The van der Waals surface area contributed by atoms with Gasteiger partial charge in [0.25, 0.3) is 0 Å². The molecule has 8 nitrogen and oxygen atoms in total. The van der Waals surface area contributed by atoms with E-state index in [0.717, 1.165) is 0 Å². The van der Waals surface area contributed by atoms with Crippen LogP contribution in [0.15, 0.2) is 28.3 Å². The summed E-state index contributed by atoms with van der Waals surface area (Å²) in [5.41, 5.74) is 6.53. The number of ether oxygens (including phenoxy) is 1. The van der Waals surface area contributed by atoms with Gasteiger partial charge in [-0.1, -0.05) is 11.8 Å². The first-order valence-corrected chi connectivity index (χ1v) is 8.19. The molecule has 0 saturated carbocycles. The van der Waals surface area contributed by atoms with Crippen molar-refractivity contribution in [3.63, 3.8) is 0 Å². The molecule has 0 radical (unpaired) electrons. The molecular formula is C14H14FN5O3S. The number of amidine groups is 1. The van der Waals surface area contributed by atoms with Gasteiger partial charge >= 0.3 is 0 Å². The predicted octanol–water partition coefficient (Wildman–Crippen LogP) is 1.28. The van der Waals surface area contributed by atoms with Crippen LogP contribution in [0.2, 0.25) is 0 Å². The summed E-state index contributed by atoms with van der Waals surface area (Å²) in [5.74, 6) is -0.0431. The van der Waals surface area contributed by atoms with Gasteiger partial charge in [-0.15, -0.1) is 0 Å². The van der Waals surface area contributed by atoms with E-state index in [9.17, 15) is 14.3 Å². The van der Waals surface area contributed by atoms with Crippen LogP contribution in [-0.4, -0.2) is 30.2 Å². The van der Waals surface area contributed by atoms with Crippen molar-refractivity contribution < 1.29 is 19.0 Å². The van der Waals surface area contributed by atoms with Gasteiger partial charge in [-0.25, -0.2) is 4.39 Å². The number of fused-ring (bicyclic) bond motifs is 1. The number of rotatable bonds is 2. The number of carbonyl (C=O) groups excluding carboxylic acids is 1. The van der Waals surface area contributed by atoms with E-state index in [1.54, 1.807) is 0 Å². The van der Waals surface area contributed by atoms with Crippen molar-refractivity contribution in [3.8, 4) is 0 Å². The minimum absolute atomic E-state index is 0.110. The molecule has 1 aromatic rings. The van der Waals surface area contributed by atoms with Gasteiger partial charge in [0, 0.05) is 30.3 Å². The Morgan fingerprint density at radius 1 is 1.62 bits per heavy atom. The van der Waals surface area contributed by atoms with E-state index in [-0.39, 0.29) is 11.1 Å². The van der Waals surface area contributed by atoms with E-state index >= 15 is 0 Å². The zero-order chi connectivity index (χ0) is 17.2. The summed E-state index contributed by atoms with van der Waals surface area (Å²) >= 11 is 1.23. The van der Waals surface area contributed by atoms with E-state index in [1.165, 1.54) is 30.0 Å². The van der Waals surface area contributed by atoms with Crippen molar-refractivity contribution in [2.45, 2.75) is 12.0 Å². The molecule has 2 heterocycles. The number of hydrogen-bond acceptors (Lipinski definition) is 7. The van der Waals surface area contributed by atoms with Gasteiger partial charge in [0.05, 0.1) is 12.1 Å². The first-order chi connectivity index (χ1) is 11.5. The van der Waals surface area contributed by atoms with E-state index in [1.807, 2.05) is 0 Å². The zero-order valence-corrected chi connectivity index (χ0v) is 13.3. The summed E-state index contributed by atoms with van der Waals surface area (Å²) < 4.78 is 20.1. The first-order valence-electron chi connectivity index (χ1n) is 7.21. The maximum atomic E-state index is 14.6. The first kappa shape index (κ1) is 16.6. The second-order valence-electron chi connectivity index (χ2n) is 5.45. The van der Waals surface area contributed by atoms with E-state index in [4.69, 9.17) is 10.3 Å². The smallest absolute Gasteiger partial charge is 0.220 e. The van der Waals surface area contributed by atoms with Gasteiger partial charge in [0.2, 0.25) is 4.91 Å². The van der Waals surface area contributed by atoms with Crippen LogP contribution in [0, 0.1) is 17.3 Å². The number of thioether (sulfide) groups is 1. The topological polar surface area (TPSA) is 124 Å². The number of nitrogens with zero attached hydrogens (tertiary/aromatic N) is 3. The van der Waals surface area contributed by atoms with Crippen LogP contribution in [0.5, 0.6) is 0 Å². The molecule has 2 aliphatic rings. The third kappa shape index (κ3) is 3.03. The lowest BCUT2D eigenvalue weighted by molar-refractivity contribution is -0.248. The molecule has 0 spiro atoms. The molecule has 0 aliphatic carbocycles. The van der Waals surface area contributed by atoms with Crippen molar-refractivity contribution in [2.24, 2.45) is 16.0 Å². The minimum Gasteiger partial charge on any atom is -0.530 e. The number of halogens is 1. The molecule has 2 N–H and O–H groups in total. The molecule has 2 atom stereocenters. The van der Waals surface area contributed by atoms with E-state index in [2.05, 4.69) is 20.3 Å². The zero-order valence-electron chi connectivity index (χ0n) is 12.5. The van der Waals surface area contributed by atoms with Crippen LogP contribution in [0.1, 0.15) is 12.0 Å². The van der Waals surface area contributed by atoms with Crippen LogP contribution in [-0.2, 0) is 10.3 Å². The average molecular weight is 351 g/mol. The number of hydrogen-bond donors (Lipinski definition) is 2. The Balaban J connectivity index is 2.13. The molecule has 24 heavy (non-hydrogen) atoms. The highest BCUT2D eigenvalue weighted by molar-refractivity contribution is 8.13. The van der Waals surface area contributed by atoms with Gasteiger partial charge in [-0.2, -0.15) is 0 Å². The fourth-order valence-corrected chi connectivity index (χ4v) is 4.17. The Hall–Kier alpha value is -2.29. The molecule has 1 saturated heterocycles. The van der Waals surface area contributed by atoms with Crippen LogP contribution in [0.3, 0.4) is 0 Å². The van der Waals surface area contributed by atoms with Crippen molar-refractivity contribution in [1.82, 2.24) is 10.2 Å². The number of amides is 1. The van der Waals surface area contributed by atoms with Crippen LogP contribution in [0.25, 0.3) is 0 Å².